The topological polar surface area (TPSA) is 95.1 Å². The quantitative estimate of drug-likeness (QED) is 0.594. The highest BCUT2D eigenvalue weighted by Gasteiger charge is 2.23. The summed E-state index contributed by atoms with van der Waals surface area (Å²) >= 11 is 0. The van der Waals surface area contributed by atoms with Gasteiger partial charge in [-0.15, -0.1) is 0 Å². The summed E-state index contributed by atoms with van der Waals surface area (Å²) in [5, 5.41) is 17.3. The van der Waals surface area contributed by atoms with Crippen LogP contribution in [-0.2, 0) is 4.79 Å². The second kappa shape index (κ2) is 3.59. The number of rotatable bonds is 2. The minimum atomic E-state index is -1.47. The van der Waals surface area contributed by atoms with Crippen LogP contribution in [0.1, 0.15) is 13.8 Å². The zero-order valence-electron chi connectivity index (χ0n) is 7.87. The van der Waals surface area contributed by atoms with Gasteiger partial charge in [0, 0.05) is 6.07 Å². The van der Waals surface area contributed by atoms with Crippen LogP contribution in [0.2, 0.25) is 0 Å². The SMILES string of the molecule is CC(C)(O)C(=O)Nc1ccc(=O)[nH]n1. The molecule has 76 valence electrons. The van der Waals surface area contributed by atoms with E-state index in [1.54, 1.807) is 0 Å². The highest BCUT2D eigenvalue weighted by Crippen LogP contribution is 2.05. The Labute approximate surface area is 80.0 Å². The van der Waals surface area contributed by atoms with Crippen molar-refractivity contribution >= 4 is 11.7 Å². The van der Waals surface area contributed by atoms with E-state index in [0.29, 0.717) is 0 Å². The van der Waals surface area contributed by atoms with E-state index in [4.69, 9.17) is 0 Å². The van der Waals surface area contributed by atoms with Crippen LogP contribution in [-0.4, -0.2) is 26.8 Å². The number of carbonyl (C=O) groups is 1. The maximum absolute atomic E-state index is 11.2. The van der Waals surface area contributed by atoms with Crippen molar-refractivity contribution in [3.63, 3.8) is 0 Å². The monoisotopic (exact) mass is 197 g/mol. The summed E-state index contributed by atoms with van der Waals surface area (Å²) in [5.41, 5.74) is -1.83. The number of aliphatic hydroxyl groups is 1. The van der Waals surface area contributed by atoms with Gasteiger partial charge in [0.25, 0.3) is 11.5 Å². The summed E-state index contributed by atoms with van der Waals surface area (Å²) in [6.07, 6.45) is 0. The first kappa shape index (κ1) is 10.4. The molecule has 0 aliphatic heterocycles. The lowest BCUT2D eigenvalue weighted by Gasteiger charge is -2.15. The molecule has 0 bridgehead atoms. The fourth-order valence-corrected chi connectivity index (χ4v) is 0.683. The predicted molar refractivity (Wildman–Crippen MR) is 49.8 cm³/mol. The number of aromatic nitrogens is 2. The van der Waals surface area contributed by atoms with Crippen LogP contribution in [0.5, 0.6) is 0 Å². The Bertz CT molecular complexity index is 371. The van der Waals surface area contributed by atoms with Gasteiger partial charge in [0.05, 0.1) is 0 Å². The molecule has 0 atom stereocenters. The van der Waals surface area contributed by atoms with Crippen molar-refractivity contribution in [2.45, 2.75) is 19.4 Å². The third kappa shape index (κ3) is 2.67. The van der Waals surface area contributed by atoms with Crippen molar-refractivity contribution in [3.05, 3.63) is 22.5 Å². The fraction of sp³-hybridized carbons (Fsp3) is 0.375. The van der Waals surface area contributed by atoms with Crippen LogP contribution in [0.15, 0.2) is 16.9 Å². The average molecular weight is 197 g/mol. The lowest BCUT2D eigenvalue weighted by molar-refractivity contribution is -0.130. The van der Waals surface area contributed by atoms with Gasteiger partial charge in [0.2, 0.25) is 0 Å². The molecule has 0 saturated carbocycles. The average Bonchev–Trinajstić information content (AvgIpc) is 2.07. The van der Waals surface area contributed by atoms with Crippen molar-refractivity contribution in [3.8, 4) is 0 Å². The molecule has 3 N–H and O–H groups in total. The Balaban J connectivity index is 2.75. The van der Waals surface area contributed by atoms with Crippen LogP contribution in [0.25, 0.3) is 0 Å². The number of carbonyl (C=O) groups excluding carboxylic acids is 1. The molecule has 0 saturated heterocycles. The molecule has 0 aliphatic carbocycles. The van der Waals surface area contributed by atoms with Crippen molar-refractivity contribution in [2.75, 3.05) is 5.32 Å². The van der Waals surface area contributed by atoms with E-state index in [1.165, 1.54) is 26.0 Å². The molecular weight excluding hydrogens is 186 g/mol. The molecule has 0 unspecified atom stereocenters. The van der Waals surface area contributed by atoms with E-state index in [0.717, 1.165) is 0 Å². The van der Waals surface area contributed by atoms with Crippen molar-refractivity contribution in [2.24, 2.45) is 0 Å². The second-order valence-electron chi connectivity index (χ2n) is 3.32. The van der Waals surface area contributed by atoms with Crippen LogP contribution in [0.4, 0.5) is 5.82 Å². The number of aromatic amines is 1. The molecule has 1 rings (SSSR count). The molecule has 0 fully saturated rings. The van der Waals surface area contributed by atoms with Gasteiger partial charge in [0.1, 0.15) is 5.60 Å². The highest BCUT2D eigenvalue weighted by atomic mass is 16.3. The number of amides is 1. The number of nitrogens with zero attached hydrogens (tertiary/aromatic N) is 1. The molecule has 1 heterocycles. The van der Waals surface area contributed by atoms with Crippen LogP contribution < -0.4 is 10.9 Å². The first-order chi connectivity index (χ1) is 6.39. The summed E-state index contributed by atoms with van der Waals surface area (Å²) in [6.45, 7) is 2.71. The van der Waals surface area contributed by atoms with E-state index >= 15 is 0 Å². The Morgan fingerprint density at radius 1 is 1.57 bits per heavy atom. The Kier molecular flexibility index (Phi) is 2.66. The minimum absolute atomic E-state index is 0.191. The van der Waals surface area contributed by atoms with Gasteiger partial charge in [-0.2, -0.15) is 5.10 Å². The Morgan fingerprint density at radius 3 is 2.64 bits per heavy atom. The molecular formula is C8H11N3O3. The van der Waals surface area contributed by atoms with Gasteiger partial charge in [-0.3, -0.25) is 9.59 Å². The van der Waals surface area contributed by atoms with Gasteiger partial charge in [0.15, 0.2) is 5.82 Å². The number of anilines is 1. The molecule has 0 aromatic carbocycles. The molecule has 1 amide bonds. The predicted octanol–water partition coefficient (Wildman–Crippen LogP) is -0.521. The summed E-state index contributed by atoms with van der Waals surface area (Å²) in [4.78, 5) is 21.8. The van der Waals surface area contributed by atoms with Crippen molar-refractivity contribution in [1.29, 1.82) is 0 Å². The third-order valence-corrected chi connectivity index (χ3v) is 1.48. The van der Waals surface area contributed by atoms with Gasteiger partial charge < -0.3 is 10.4 Å². The number of hydrogen-bond acceptors (Lipinski definition) is 4. The van der Waals surface area contributed by atoms with Crippen LogP contribution in [0.3, 0.4) is 0 Å². The fourth-order valence-electron chi connectivity index (χ4n) is 0.683. The zero-order chi connectivity index (χ0) is 10.8. The van der Waals surface area contributed by atoms with Gasteiger partial charge in [-0.25, -0.2) is 5.10 Å². The molecule has 14 heavy (non-hydrogen) atoms. The van der Waals surface area contributed by atoms with E-state index in [9.17, 15) is 14.7 Å². The molecule has 0 radical (unpaired) electrons. The maximum atomic E-state index is 11.2. The lowest BCUT2D eigenvalue weighted by Crippen LogP contribution is -2.37. The Morgan fingerprint density at radius 2 is 2.21 bits per heavy atom. The van der Waals surface area contributed by atoms with Gasteiger partial charge >= 0.3 is 0 Å². The molecule has 0 spiro atoms. The van der Waals surface area contributed by atoms with Crippen LogP contribution in [0, 0.1) is 0 Å². The van der Waals surface area contributed by atoms with Crippen molar-refractivity contribution < 1.29 is 9.90 Å². The van der Waals surface area contributed by atoms with E-state index in [1.807, 2.05) is 0 Å². The maximum Gasteiger partial charge on any atom is 0.264 e. The van der Waals surface area contributed by atoms with E-state index in [-0.39, 0.29) is 11.4 Å². The summed E-state index contributed by atoms with van der Waals surface area (Å²) < 4.78 is 0. The molecule has 1 aromatic heterocycles. The first-order valence-electron chi connectivity index (χ1n) is 3.99. The number of hydrogen-bond donors (Lipinski definition) is 3. The van der Waals surface area contributed by atoms with Crippen molar-refractivity contribution in [1.82, 2.24) is 10.2 Å². The normalized spacial score (nSPS) is 11.1. The zero-order valence-corrected chi connectivity index (χ0v) is 7.87. The standard InChI is InChI=1S/C8H11N3O3/c1-8(2,14)7(13)9-5-3-4-6(12)11-10-5/h3-4,14H,1-2H3,(H,11,12)(H,9,10,13). The number of nitrogens with one attached hydrogen (secondary N) is 2. The summed E-state index contributed by atoms with van der Waals surface area (Å²) in [6, 6.07) is 2.58. The third-order valence-electron chi connectivity index (χ3n) is 1.48. The van der Waals surface area contributed by atoms with Gasteiger partial charge in [-0.1, -0.05) is 0 Å². The smallest absolute Gasteiger partial charge is 0.264 e. The molecule has 0 aliphatic rings. The van der Waals surface area contributed by atoms with E-state index < -0.39 is 11.5 Å². The summed E-state index contributed by atoms with van der Waals surface area (Å²) in [7, 11) is 0. The van der Waals surface area contributed by atoms with E-state index in [2.05, 4.69) is 15.5 Å². The Hall–Kier alpha value is -1.69. The molecule has 6 nitrogen and oxygen atoms in total. The largest absolute Gasteiger partial charge is 0.381 e. The highest BCUT2D eigenvalue weighted by molar-refractivity contribution is 5.95. The second-order valence-corrected chi connectivity index (χ2v) is 3.32. The lowest BCUT2D eigenvalue weighted by atomic mass is 10.1. The van der Waals surface area contributed by atoms with Crippen LogP contribution >= 0.6 is 0 Å². The van der Waals surface area contributed by atoms with Gasteiger partial charge in [-0.05, 0) is 19.9 Å². The molecule has 6 heteroatoms. The minimum Gasteiger partial charge on any atom is -0.381 e. The molecule has 1 aromatic rings. The first-order valence-corrected chi connectivity index (χ1v) is 3.99. The summed E-state index contributed by atoms with van der Waals surface area (Å²) in [5.74, 6) is -0.395. The number of H-pyrrole nitrogens is 1.